The second kappa shape index (κ2) is 5.34. The normalized spacial score (nSPS) is 23.0. The van der Waals surface area contributed by atoms with Gasteiger partial charge in [0.25, 0.3) is 0 Å². The topological polar surface area (TPSA) is 86.9 Å². The van der Waals surface area contributed by atoms with Crippen LogP contribution in [0, 0.1) is 11.3 Å². The number of ether oxygens (including phenoxy) is 1. The summed E-state index contributed by atoms with van der Waals surface area (Å²) in [6.45, 7) is 3.89. The smallest absolute Gasteiger partial charge is 0.223 e. The van der Waals surface area contributed by atoms with Crippen molar-refractivity contribution < 1.29 is 9.53 Å². The fourth-order valence-corrected chi connectivity index (χ4v) is 4.39. The fourth-order valence-electron chi connectivity index (χ4n) is 4.39. The lowest BCUT2D eigenvalue weighted by atomic mass is 9.88. The quantitative estimate of drug-likeness (QED) is 0.747. The van der Waals surface area contributed by atoms with Crippen LogP contribution in [0.5, 0.6) is 5.75 Å². The molecule has 0 bridgehead atoms. The predicted molar refractivity (Wildman–Crippen MR) is 103 cm³/mol. The fraction of sp³-hybridized carbons (Fsp3) is 0.450. The van der Waals surface area contributed by atoms with Gasteiger partial charge in [-0.05, 0) is 36.7 Å². The highest BCUT2D eigenvalue weighted by Gasteiger charge is 2.53. The summed E-state index contributed by atoms with van der Waals surface area (Å²) in [5.74, 6) is 2.10. The Morgan fingerprint density at radius 3 is 2.96 bits per heavy atom. The summed E-state index contributed by atoms with van der Waals surface area (Å²) >= 11 is 0. The molecule has 2 aliphatic rings. The lowest BCUT2D eigenvalue weighted by molar-refractivity contribution is -0.116. The van der Waals surface area contributed by atoms with Gasteiger partial charge in [-0.1, -0.05) is 6.92 Å². The molecular formula is C20H23N5O2. The third kappa shape index (κ3) is 2.37. The average molecular weight is 365 g/mol. The molecule has 1 aromatic carbocycles. The van der Waals surface area contributed by atoms with Gasteiger partial charge < -0.3 is 14.6 Å². The third-order valence-electron chi connectivity index (χ3n) is 6.36. The van der Waals surface area contributed by atoms with Gasteiger partial charge in [0, 0.05) is 31.3 Å². The molecule has 1 fully saturated rings. The largest absolute Gasteiger partial charge is 0.494 e. The molecule has 1 saturated carbocycles. The van der Waals surface area contributed by atoms with E-state index in [-0.39, 0.29) is 5.91 Å². The second-order valence-electron chi connectivity index (χ2n) is 8.17. The van der Waals surface area contributed by atoms with Crippen LogP contribution in [-0.4, -0.2) is 40.2 Å². The number of carbonyl (C=O) groups is 1. The van der Waals surface area contributed by atoms with Crippen molar-refractivity contribution in [3.05, 3.63) is 23.4 Å². The molecule has 27 heavy (non-hydrogen) atoms. The summed E-state index contributed by atoms with van der Waals surface area (Å²) in [6, 6.07) is 3.77. The van der Waals surface area contributed by atoms with E-state index in [4.69, 9.17) is 9.72 Å². The Bertz CT molecular complexity index is 1080. The van der Waals surface area contributed by atoms with E-state index < -0.39 is 0 Å². The van der Waals surface area contributed by atoms with Crippen LogP contribution in [0.4, 0.5) is 5.69 Å². The lowest BCUT2D eigenvalue weighted by Crippen LogP contribution is -2.23. The van der Waals surface area contributed by atoms with Crippen LogP contribution < -0.4 is 9.64 Å². The number of nitrogens with one attached hydrogen (secondary N) is 2. The molecular weight excluding hydrogens is 342 g/mol. The molecule has 5 rings (SSSR count). The van der Waals surface area contributed by atoms with Crippen LogP contribution in [0.3, 0.4) is 0 Å². The Morgan fingerprint density at radius 2 is 2.22 bits per heavy atom. The Labute approximate surface area is 157 Å². The maximum atomic E-state index is 11.8. The first-order valence-corrected chi connectivity index (χ1v) is 9.28. The van der Waals surface area contributed by atoms with Crippen molar-refractivity contribution in [2.75, 3.05) is 19.1 Å². The van der Waals surface area contributed by atoms with Gasteiger partial charge in [-0.25, -0.2) is 4.98 Å². The third-order valence-corrected chi connectivity index (χ3v) is 6.36. The molecule has 7 nitrogen and oxygen atoms in total. The number of imidazole rings is 1. The van der Waals surface area contributed by atoms with Crippen molar-refractivity contribution in [3.63, 3.8) is 0 Å². The maximum Gasteiger partial charge on any atom is 0.223 e. The Hall–Kier alpha value is -2.83. The number of amides is 1. The number of benzene rings is 1. The van der Waals surface area contributed by atoms with Gasteiger partial charge >= 0.3 is 0 Å². The minimum Gasteiger partial charge on any atom is -0.494 e. The van der Waals surface area contributed by atoms with Crippen molar-refractivity contribution in [2.45, 2.75) is 33.1 Å². The predicted octanol–water partition coefficient (Wildman–Crippen LogP) is 3.07. The van der Waals surface area contributed by atoms with Gasteiger partial charge in [0.05, 0.1) is 23.8 Å². The highest BCUT2D eigenvalue weighted by molar-refractivity contribution is 5.96. The van der Waals surface area contributed by atoms with Crippen LogP contribution in [0.2, 0.25) is 0 Å². The number of anilines is 1. The summed E-state index contributed by atoms with van der Waals surface area (Å²) in [5.41, 5.74) is 6.27. The molecule has 2 N–H and O–H groups in total. The van der Waals surface area contributed by atoms with Crippen molar-refractivity contribution in [3.8, 4) is 17.3 Å². The van der Waals surface area contributed by atoms with Gasteiger partial charge in [-0.2, -0.15) is 5.10 Å². The molecule has 2 aromatic heterocycles. The van der Waals surface area contributed by atoms with Crippen molar-refractivity contribution >= 4 is 22.6 Å². The number of fused-ring (bicyclic) bond motifs is 3. The number of aromatic nitrogens is 4. The average Bonchev–Trinajstić information content (AvgIpc) is 2.95. The number of aromatic amines is 2. The van der Waals surface area contributed by atoms with Crippen LogP contribution in [0.25, 0.3) is 22.6 Å². The number of H-pyrrole nitrogens is 2. The Morgan fingerprint density at radius 1 is 1.41 bits per heavy atom. The van der Waals surface area contributed by atoms with E-state index in [1.807, 2.05) is 12.1 Å². The Balaban J connectivity index is 1.59. The molecule has 0 spiro atoms. The molecule has 3 aromatic rings. The van der Waals surface area contributed by atoms with Crippen LogP contribution in [0.15, 0.2) is 12.1 Å². The molecule has 0 saturated heterocycles. The number of rotatable bonds is 3. The molecule has 140 valence electrons. The molecule has 1 amide bonds. The van der Waals surface area contributed by atoms with E-state index in [0.29, 0.717) is 16.9 Å². The van der Waals surface area contributed by atoms with E-state index in [0.717, 1.165) is 41.3 Å². The minimum atomic E-state index is -0.0581. The van der Waals surface area contributed by atoms with Crippen LogP contribution >= 0.6 is 0 Å². The first kappa shape index (κ1) is 16.4. The summed E-state index contributed by atoms with van der Waals surface area (Å²) in [5, 5.41) is 7.79. The molecule has 0 unspecified atom stereocenters. The van der Waals surface area contributed by atoms with Gasteiger partial charge in [-0.15, -0.1) is 0 Å². The number of nitrogens with zero attached hydrogens (tertiary/aromatic N) is 3. The lowest BCUT2D eigenvalue weighted by Gasteiger charge is -2.18. The summed E-state index contributed by atoms with van der Waals surface area (Å²) < 4.78 is 5.48. The molecule has 2 heterocycles. The van der Waals surface area contributed by atoms with E-state index >= 15 is 0 Å². The first-order valence-electron chi connectivity index (χ1n) is 9.28. The minimum absolute atomic E-state index is 0.0581. The van der Waals surface area contributed by atoms with Crippen molar-refractivity contribution in [1.82, 2.24) is 20.2 Å². The van der Waals surface area contributed by atoms with Gasteiger partial charge in [0.15, 0.2) is 5.82 Å². The highest BCUT2D eigenvalue weighted by Crippen LogP contribution is 2.59. The molecule has 2 aliphatic carbocycles. The maximum absolute atomic E-state index is 11.8. The summed E-state index contributed by atoms with van der Waals surface area (Å²) in [4.78, 5) is 21.5. The summed E-state index contributed by atoms with van der Waals surface area (Å²) in [7, 11) is 3.34. The SMILES string of the molecule is COc1cc2[nH]c(-c3n[nH]c4c3C[C@@H]3C[C@]3(C)C4)nc2cc1N(C)C(C)=O. The van der Waals surface area contributed by atoms with Crippen molar-refractivity contribution in [2.24, 2.45) is 11.3 Å². The second-order valence-corrected chi connectivity index (χ2v) is 8.17. The van der Waals surface area contributed by atoms with E-state index in [1.165, 1.54) is 24.6 Å². The van der Waals surface area contributed by atoms with Gasteiger partial charge in [0.2, 0.25) is 5.91 Å². The number of carbonyl (C=O) groups excluding carboxylic acids is 1. The van der Waals surface area contributed by atoms with Gasteiger partial charge in [-0.3, -0.25) is 9.89 Å². The first-order chi connectivity index (χ1) is 12.9. The summed E-state index contributed by atoms with van der Waals surface area (Å²) in [6.07, 6.45) is 3.44. The zero-order chi connectivity index (χ0) is 18.9. The van der Waals surface area contributed by atoms with Crippen LogP contribution in [-0.2, 0) is 17.6 Å². The zero-order valence-electron chi connectivity index (χ0n) is 16.0. The molecule has 0 radical (unpaired) electrons. The molecule has 7 heteroatoms. The van der Waals surface area contributed by atoms with E-state index in [1.54, 1.807) is 19.1 Å². The molecule has 2 atom stereocenters. The zero-order valence-corrected chi connectivity index (χ0v) is 16.0. The molecule has 0 aliphatic heterocycles. The van der Waals surface area contributed by atoms with E-state index in [2.05, 4.69) is 22.1 Å². The standard InChI is InChI=1S/C20H23N5O2/c1-10(26)25(3)16-6-13-14(7-17(16)27-4)22-19(21-13)18-12-5-11-8-20(11,2)9-15(12)23-24-18/h6-7,11H,5,8-9H2,1-4H3,(H,21,22)(H,23,24)/t11-,20-/m1/s1. The van der Waals surface area contributed by atoms with Crippen molar-refractivity contribution in [1.29, 1.82) is 0 Å². The van der Waals surface area contributed by atoms with Crippen LogP contribution in [0.1, 0.15) is 31.5 Å². The monoisotopic (exact) mass is 365 g/mol. The number of hydrogen-bond acceptors (Lipinski definition) is 4. The number of methoxy groups -OCH3 is 1. The van der Waals surface area contributed by atoms with Gasteiger partial charge in [0.1, 0.15) is 11.4 Å². The highest BCUT2D eigenvalue weighted by atomic mass is 16.5. The number of hydrogen-bond donors (Lipinski definition) is 2. The Kier molecular flexibility index (Phi) is 3.24. The van der Waals surface area contributed by atoms with E-state index in [9.17, 15) is 4.79 Å².